The molecule has 3 rings (SSSR count). The van der Waals surface area contributed by atoms with E-state index in [9.17, 15) is 22.7 Å². The lowest BCUT2D eigenvalue weighted by Gasteiger charge is -2.10. The first-order valence-electron chi connectivity index (χ1n) is 7.83. The third kappa shape index (κ3) is 4.42. The van der Waals surface area contributed by atoms with Gasteiger partial charge in [-0.25, -0.2) is 12.8 Å². The lowest BCUT2D eigenvalue weighted by molar-refractivity contribution is 0.102. The van der Waals surface area contributed by atoms with Gasteiger partial charge in [-0.15, -0.1) is 0 Å². The maximum absolute atomic E-state index is 12.9. The van der Waals surface area contributed by atoms with Crippen molar-refractivity contribution < 1.29 is 22.7 Å². The van der Waals surface area contributed by atoms with Crippen molar-refractivity contribution >= 4 is 27.3 Å². The van der Waals surface area contributed by atoms with Crippen molar-refractivity contribution in [1.82, 2.24) is 0 Å². The van der Waals surface area contributed by atoms with Crippen LogP contribution in [-0.2, 0) is 10.0 Å². The van der Waals surface area contributed by atoms with Gasteiger partial charge in [0.1, 0.15) is 11.6 Å². The van der Waals surface area contributed by atoms with Crippen molar-refractivity contribution in [3.63, 3.8) is 0 Å². The largest absolute Gasteiger partial charge is 0.507 e. The lowest BCUT2D eigenvalue weighted by atomic mass is 10.2. The van der Waals surface area contributed by atoms with E-state index < -0.39 is 21.7 Å². The molecular weight excluding hydrogens is 371 g/mol. The van der Waals surface area contributed by atoms with E-state index in [4.69, 9.17) is 0 Å². The maximum Gasteiger partial charge on any atom is 0.261 e. The van der Waals surface area contributed by atoms with Crippen LogP contribution in [0.1, 0.15) is 10.4 Å². The fourth-order valence-electron chi connectivity index (χ4n) is 2.31. The topological polar surface area (TPSA) is 95.5 Å². The molecular formula is C19H15FN2O4S. The molecule has 0 saturated carbocycles. The summed E-state index contributed by atoms with van der Waals surface area (Å²) in [6.07, 6.45) is 0. The maximum atomic E-state index is 12.9. The molecule has 138 valence electrons. The average molecular weight is 386 g/mol. The van der Waals surface area contributed by atoms with E-state index in [1.165, 1.54) is 48.5 Å². The van der Waals surface area contributed by atoms with Gasteiger partial charge in [-0.2, -0.15) is 0 Å². The Bertz CT molecular complexity index is 1070. The number of nitrogens with one attached hydrogen (secondary N) is 2. The Balaban J connectivity index is 1.71. The molecule has 0 radical (unpaired) electrons. The smallest absolute Gasteiger partial charge is 0.261 e. The first-order valence-corrected chi connectivity index (χ1v) is 9.31. The summed E-state index contributed by atoms with van der Waals surface area (Å²) >= 11 is 0. The molecule has 0 heterocycles. The number of rotatable bonds is 5. The summed E-state index contributed by atoms with van der Waals surface area (Å²) in [7, 11) is -3.85. The molecule has 0 saturated heterocycles. The molecule has 0 aromatic heterocycles. The molecule has 0 spiro atoms. The predicted octanol–water partition coefficient (Wildman–Crippen LogP) is 3.58. The fraction of sp³-hybridized carbons (Fsp3) is 0. The minimum Gasteiger partial charge on any atom is -0.507 e. The molecule has 0 fully saturated rings. The zero-order chi connectivity index (χ0) is 19.4. The molecule has 3 aromatic carbocycles. The Kier molecular flexibility index (Phi) is 5.09. The molecule has 0 aliphatic carbocycles. The van der Waals surface area contributed by atoms with E-state index in [0.717, 1.165) is 12.1 Å². The third-order valence-electron chi connectivity index (χ3n) is 3.67. The van der Waals surface area contributed by atoms with Crippen molar-refractivity contribution in [3.05, 3.63) is 84.2 Å². The third-order valence-corrected chi connectivity index (χ3v) is 5.06. The SMILES string of the molecule is O=C(Nc1ccc(NS(=O)(=O)c2ccc(F)cc2)cc1)c1ccccc1O. The highest BCUT2D eigenvalue weighted by Gasteiger charge is 2.14. The number of aromatic hydroxyl groups is 1. The molecule has 3 aromatic rings. The molecule has 0 aliphatic rings. The number of para-hydroxylation sites is 1. The van der Waals surface area contributed by atoms with Crippen LogP contribution < -0.4 is 10.0 Å². The molecule has 0 aliphatic heterocycles. The van der Waals surface area contributed by atoms with Crippen LogP contribution in [0.15, 0.2) is 77.7 Å². The van der Waals surface area contributed by atoms with Crippen LogP contribution in [-0.4, -0.2) is 19.4 Å². The van der Waals surface area contributed by atoms with Gasteiger partial charge in [-0.1, -0.05) is 12.1 Å². The van der Waals surface area contributed by atoms with Crippen LogP contribution >= 0.6 is 0 Å². The first-order chi connectivity index (χ1) is 12.8. The summed E-state index contributed by atoms with van der Waals surface area (Å²) in [5.41, 5.74) is 0.825. The van der Waals surface area contributed by atoms with Crippen LogP contribution in [0.2, 0.25) is 0 Å². The van der Waals surface area contributed by atoms with Crippen LogP contribution in [0.4, 0.5) is 15.8 Å². The summed E-state index contributed by atoms with van der Waals surface area (Å²) in [6.45, 7) is 0. The van der Waals surface area contributed by atoms with Crippen molar-refractivity contribution in [1.29, 1.82) is 0 Å². The predicted molar refractivity (Wildman–Crippen MR) is 99.7 cm³/mol. The van der Waals surface area contributed by atoms with Crippen molar-refractivity contribution in [2.45, 2.75) is 4.90 Å². The minimum absolute atomic E-state index is 0.0687. The summed E-state index contributed by atoms with van der Waals surface area (Å²) in [4.78, 5) is 12.1. The highest BCUT2D eigenvalue weighted by atomic mass is 32.2. The quantitative estimate of drug-likeness (QED) is 0.624. The van der Waals surface area contributed by atoms with Gasteiger partial charge in [0, 0.05) is 11.4 Å². The van der Waals surface area contributed by atoms with Gasteiger partial charge in [-0.3, -0.25) is 9.52 Å². The number of halogens is 1. The van der Waals surface area contributed by atoms with Crippen LogP contribution in [0, 0.1) is 5.82 Å². The number of amides is 1. The number of carbonyl (C=O) groups excluding carboxylic acids is 1. The highest BCUT2D eigenvalue weighted by molar-refractivity contribution is 7.92. The van der Waals surface area contributed by atoms with Crippen molar-refractivity contribution in [2.24, 2.45) is 0 Å². The number of phenols is 1. The molecule has 3 N–H and O–H groups in total. The summed E-state index contributed by atoms with van der Waals surface area (Å²) in [5, 5.41) is 12.3. The minimum atomic E-state index is -3.85. The van der Waals surface area contributed by atoms with Crippen LogP contribution in [0.3, 0.4) is 0 Å². The number of phenolic OH excluding ortho intramolecular Hbond substituents is 1. The first kappa shape index (κ1) is 18.4. The number of sulfonamides is 1. The van der Waals surface area contributed by atoms with Gasteiger partial charge in [0.25, 0.3) is 15.9 Å². The van der Waals surface area contributed by atoms with Gasteiger partial charge in [0.15, 0.2) is 0 Å². The van der Waals surface area contributed by atoms with Crippen molar-refractivity contribution in [3.8, 4) is 5.75 Å². The lowest BCUT2D eigenvalue weighted by Crippen LogP contribution is -2.14. The van der Waals surface area contributed by atoms with E-state index in [0.29, 0.717) is 5.69 Å². The number of benzene rings is 3. The van der Waals surface area contributed by atoms with Gasteiger partial charge >= 0.3 is 0 Å². The molecule has 0 unspecified atom stereocenters. The second-order valence-corrected chi connectivity index (χ2v) is 7.29. The Morgan fingerprint density at radius 2 is 1.44 bits per heavy atom. The van der Waals surface area contributed by atoms with E-state index in [1.807, 2.05) is 0 Å². The molecule has 27 heavy (non-hydrogen) atoms. The zero-order valence-electron chi connectivity index (χ0n) is 13.9. The van der Waals surface area contributed by atoms with E-state index in [1.54, 1.807) is 12.1 Å². The Morgan fingerprint density at radius 1 is 0.852 bits per heavy atom. The van der Waals surface area contributed by atoms with Gasteiger partial charge in [0.05, 0.1) is 10.5 Å². The molecule has 0 atom stereocenters. The molecule has 6 nitrogen and oxygen atoms in total. The van der Waals surface area contributed by atoms with Crippen LogP contribution in [0.5, 0.6) is 5.75 Å². The zero-order valence-corrected chi connectivity index (χ0v) is 14.7. The Labute approximate surface area is 155 Å². The average Bonchev–Trinajstić information content (AvgIpc) is 2.64. The standard InChI is InChI=1S/C19H15FN2O4S/c20-13-5-11-16(12-6-13)27(25,26)22-15-9-7-14(8-10-15)21-19(24)17-3-1-2-4-18(17)23/h1-12,22-23H,(H,21,24). The number of hydrogen-bond acceptors (Lipinski definition) is 4. The number of anilines is 2. The van der Waals surface area contributed by atoms with E-state index >= 15 is 0 Å². The highest BCUT2D eigenvalue weighted by Crippen LogP contribution is 2.21. The van der Waals surface area contributed by atoms with Gasteiger partial charge < -0.3 is 10.4 Å². The van der Waals surface area contributed by atoms with E-state index in [2.05, 4.69) is 10.0 Å². The summed E-state index contributed by atoms with van der Waals surface area (Å²) in [6, 6.07) is 16.5. The van der Waals surface area contributed by atoms with Crippen molar-refractivity contribution in [2.75, 3.05) is 10.0 Å². The Hall–Kier alpha value is -3.39. The normalized spacial score (nSPS) is 11.0. The molecule has 1 amide bonds. The number of carbonyl (C=O) groups is 1. The fourth-order valence-corrected chi connectivity index (χ4v) is 3.37. The second-order valence-electron chi connectivity index (χ2n) is 5.61. The summed E-state index contributed by atoms with van der Waals surface area (Å²) in [5.74, 6) is -1.16. The van der Waals surface area contributed by atoms with Gasteiger partial charge in [-0.05, 0) is 60.7 Å². The molecule has 0 bridgehead atoms. The molecule has 8 heteroatoms. The second kappa shape index (κ2) is 7.46. The van der Waals surface area contributed by atoms with Gasteiger partial charge in [0.2, 0.25) is 0 Å². The Morgan fingerprint density at radius 3 is 2.07 bits per heavy atom. The van der Waals surface area contributed by atoms with E-state index in [-0.39, 0.29) is 21.9 Å². The van der Waals surface area contributed by atoms with Crippen LogP contribution in [0.25, 0.3) is 0 Å². The monoisotopic (exact) mass is 386 g/mol. The summed E-state index contributed by atoms with van der Waals surface area (Å²) < 4.78 is 39.8. The number of hydrogen-bond donors (Lipinski definition) is 3.